The van der Waals surface area contributed by atoms with Crippen molar-refractivity contribution in [3.63, 3.8) is 0 Å². The number of nitrogens with zero attached hydrogens (tertiary/aromatic N) is 1. The second-order valence-electron chi connectivity index (χ2n) is 4.20. The first-order chi connectivity index (χ1) is 9.96. The van der Waals surface area contributed by atoms with Crippen molar-refractivity contribution in [1.82, 2.24) is 0 Å². The van der Waals surface area contributed by atoms with E-state index in [1.54, 1.807) is 12.1 Å². The van der Waals surface area contributed by atoms with Gasteiger partial charge in [0.25, 0.3) is 10.0 Å². The number of nitrogens with two attached hydrogens (primary N) is 1. The van der Waals surface area contributed by atoms with Crippen LogP contribution in [-0.4, -0.2) is 15.5 Å². The number of hydrogen-bond acceptors (Lipinski definition) is 5. The summed E-state index contributed by atoms with van der Waals surface area (Å²) in [6.07, 6.45) is 0. The predicted octanol–water partition coefficient (Wildman–Crippen LogP) is 1.95. The molecule has 21 heavy (non-hydrogen) atoms. The molecule has 0 heterocycles. The standard InChI is InChI=1S/C14H13N3O3S/c1-20-14-7-4-11(16)8-13(14)17-21(18,19)12-5-2-10(9-15)3-6-12/h2-8,17H,16H2,1H3. The summed E-state index contributed by atoms with van der Waals surface area (Å²) in [7, 11) is -2.35. The molecule has 0 spiro atoms. The molecule has 0 unspecified atom stereocenters. The van der Waals surface area contributed by atoms with Crippen LogP contribution in [0.15, 0.2) is 47.4 Å². The number of benzene rings is 2. The van der Waals surface area contributed by atoms with Crippen LogP contribution in [0.2, 0.25) is 0 Å². The van der Waals surface area contributed by atoms with Crippen LogP contribution in [0.25, 0.3) is 0 Å². The highest BCUT2D eigenvalue weighted by molar-refractivity contribution is 7.92. The second kappa shape index (κ2) is 5.73. The third kappa shape index (κ3) is 3.24. The Hall–Kier alpha value is -2.72. The van der Waals surface area contributed by atoms with Crippen LogP contribution in [0.3, 0.4) is 0 Å². The van der Waals surface area contributed by atoms with Gasteiger partial charge in [-0.25, -0.2) is 8.42 Å². The molecule has 7 heteroatoms. The fraction of sp³-hybridized carbons (Fsp3) is 0.0714. The molecule has 0 bridgehead atoms. The maximum absolute atomic E-state index is 12.3. The van der Waals surface area contributed by atoms with Crippen molar-refractivity contribution < 1.29 is 13.2 Å². The van der Waals surface area contributed by atoms with Crippen LogP contribution >= 0.6 is 0 Å². The first-order valence-electron chi connectivity index (χ1n) is 5.93. The number of sulfonamides is 1. The van der Waals surface area contributed by atoms with Gasteiger partial charge in [0.05, 0.1) is 29.3 Å². The lowest BCUT2D eigenvalue weighted by molar-refractivity contribution is 0.417. The first-order valence-corrected chi connectivity index (χ1v) is 7.41. The van der Waals surface area contributed by atoms with Crippen molar-refractivity contribution in [3.8, 4) is 11.8 Å². The third-order valence-corrected chi connectivity index (χ3v) is 4.14. The molecule has 2 aromatic rings. The molecule has 2 aromatic carbocycles. The van der Waals surface area contributed by atoms with Crippen LogP contribution < -0.4 is 15.2 Å². The molecule has 0 radical (unpaired) electrons. The molecule has 0 aliphatic heterocycles. The van der Waals surface area contributed by atoms with Crippen LogP contribution in [0.4, 0.5) is 11.4 Å². The van der Waals surface area contributed by atoms with Gasteiger partial charge in [-0.1, -0.05) is 0 Å². The summed E-state index contributed by atoms with van der Waals surface area (Å²) >= 11 is 0. The van der Waals surface area contributed by atoms with Gasteiger partial charge in [-0.3, -0.25) is 4.72 Å². The third-order valence-electron chi connectivity index (χ3n) is 2.76. The number of rotatable bonds is 4. The molecule has 3 N–H and O–H groups in total. The quantitative estimate of drug-likeness (QED) is 0.840. The van der Waals surface area contributed by atoms with E-state index in [1.807, 2.05) is 6.07 Å². The van der Waals surface area contributed by atoms with Gasteiger partial charge in [-0.05, 0) is 42.5 Å². The van der Waals surface area contributed by atoms with E-state index in [2.05, 4.69) is 4.72 Å². The minimum atomic E-state index is -3.78. The fourth-order valence-corrected chi connectivity index (χ4v) is 2.78. The van der Waals surface area contributed by atoms with Gasteiger partial charge in [0, 0.05) is 5.69 Å². The molecule has 0 saturated carbocycles. The Bertz CT molecular complexity index is 793. The smallest absolute Gasteiger partial charge is 0.262 e. The van der Waals surface area contributed by atoms with Crippen molar-refractivity contribution in [2.45, 2.75) is 4.90 Å². The Balaban J connectivity index is 2.37. The summed E-state index contributed by atoms with van der Waals surface area (Å²) in [5, 5.41) is 8.72. The highest BCUT2D eigenvalue weighted by Gasteiger charge is 2.16. The van der Waals surface area contributed by atoms with Crippen LogP contribution in [0.1, 0.15) is 5.56 Å². The number of anilines is 2. The minimum Gasteiger partial charge on any atom is -0.495 e. The maximum atomic E-state index is 12.3. The summed E-state index contributed by atoms with van der Waals surface area (Å²) in [5.41, 5.74) is 6.70. The van der Waals surface area contributed by atoms with Crippen molar-refractivity contribution >= 4 is 21.4 Å². The molecule has 0 atom stereocenters. The molecular weight excluding hydrogens is 290 g/mol. The van der Waals surface area contributed by atoms with E-state index in [0.29, 0.717) is 17.0 Å². The molecule has 108 valence electrons. The van der Waals surface area contributed by atoms with Gasteiger partial charge < -0.3 is 10.5 Å². The zero-order valence-electron chi connectivity index (χ0n) is 11.2. The number of nitrogens with one attached hydrogen (secondary N) is 1. The maximum Gasteiger partial charge on any atom is 0.262 e. The highest BCUT2D eigenvalue weighted by atomic mass is 32.2. The van der Waals surface area contributed by atoms with Crippen LogP contribution in [-0.2, 0) is 10.0 Å². The molecule has 0 amide bonds. The first kappa shape index (κ1) is 14.7. The van der Waals surface area contributed by atoms with Crippen molar-refractivity contribution in [2.75, 3.05) is 17.6 Å². The Kier molecular flexibility index (Phi) is 4.00. The zero-order chi connectivity index (χ0) is 15.5. The van der Waals surface area contributed by atoms with Crippen molar-refractivity contribution in [1.29, 1.82) is 5.26 Å². The SMILES string of the molecule is COc1ccc(N)cc1NS(=O)(=O)c1ccc(C#N)cc1. The largest absolute Gasteiger partial charge is 0.495 e. The van der Waals surface area contributed by atoms with Gasteiger partial charge in [0.15, 0.2) is 0 Å². The van der Waals surface area contributed by atoms with Gasteiger partial charge >= 0.3 is 0 Å². The van der Waals surface area contributed by atoms with Crippen molar-refractivity contribution in [2.24, 2.45) is 0 Å². The highest BCUT2D eigenvalue weighted by Crippen LogP contribution is 2.28. The molecule has 0 aliphatic rings. The molecule has 2 rings (SSSR count). The van der Waals surface area contributed by atoms with E-state index in [9.17, 15) is 8.42 Å². The number of ether oxygens (including phenoxy) is 1. The van der Waals surface area contributed by atoms with E-state index in [0.717, 1.165) is 0 Å². The molecule has 0 saturated heterocycles. The molecular formula is C14H13N3O3S. The monoisotopic (exact) mass is 303 g/mol. The number of nitrogen functional groups attached to an aromatic ring is 1. The van der Waals surface area contributed by atoms with Crippen LogP contribution in [0.5, 0.6) is 5.75 Å². The Morgan fingerprint density at radius 3 is 2.43 bits per heavy atom. The minimum absolute atomic E-state index is 0.0472. The van der Waals surface area contributed by atoms with Gasteiger partial charge in [-0.15, -0.1) is 0 Å². The second-order valence-corrected chi connectivity index (χ2v) is 5.88. The zero-order valence-corrected chi connectivity index (χ0v) is 12.0. The van der Waals surface area contributed by atoms with Crippen molar-refractivity contribution in [3.05, 3.63) is 48.0 Å². The van der Waals surface area contributed by atoms with Crippen LogP contribution in [0, 0.1) is 11.3 Å². The average molecular weight is 303 g/mol. The normalized spacial score (nSPS) is 10.7. The van der Waals surface area contributed by atoms with E-state index in [-0.39, 0.29) is 10.6 Å². The number of hydrogen-bond donors (Lipinski definition) is 2. The lowest BCUT2D eigenvalue weighted by Crippen LogP contribution is -2.13. The topological polar surface area (TPSA) is 105 Å². The molecule has 6 nitrogen and oxygen atoms in total. The van der Waals surface area contributed by atoms with E-state index >= 15 is 0 Å². The predicted molar refractivity (Wildman–Crippen MR) is 79.4 cm³/mol. The molecule has 0 aliphatic carbocycles. The molecule has 0 fully saturated rings. The Morgan fingerprint density at radius 2 is 1.86 bits per heavy atom. The number of nitriles is 1. The van der Waals surface area contributed by atoms with Gasteiger partial charge in [-0.2, -0.15) is 5.26 Å². The number of methoxy groups -OCH3 is 1. The average Bonchev–Trinajstić information content (AvgIpc) is 2.47. The molecule has 0 aromatic heterocycles. The summed E-state index contributed by atoms with van der Waals surface area (Å²) < 4.78 is 32.1. The Morgan fingerprint density at radius 1 is 1.19 bits per heavy atom. The summed E-state index contributed by atoms with van der Waals surface area (Å²) in [6, 6.07) is 12.2. The lowest BCUT2D eigenvalue weighted by atomic mass is 10.2. The lowest BCUT2D eigenvalue weighted by Gasteiger charge is -2.12. The Labute approximate surface area is 122 Å². The fourth-order valence-electron chi connectivity index (χ4n) is 1.72. The van der Waals surface area contributed by atoms with Gasteiger partial charge in [0.1, 0.15) is 5.75 Å². The van der Waals surface area contributed by atoms with Gasteiger partial charge in [0.2, 0.25) is 0 Å². The van der Waals surface area contributed by atoms with E-state index in [1.165, 1.54) is 37.4 Å². The summed E-state index contributed by atoms with van der Waals surface area (Å²) in [6.45, 7) is 0. The van der Waals surface area contributed by atoms with E-state index in [4.69, 9.17) is 15.7 Å². The van der Waals surface area contributed by atoms with E-state index < -0.39 is 10.0 Å². The summed E-state index contributed by atoms with van der Waals surface area (Å²) in [4.78, 5) is 0.0472. The summed E-state index contributed by atoms with van der Waals surface area (Å²) in [5.74, 6) is 0.362.